The first kappa shape index (κ1) is 14.4. The van der Waals surface area contributed by atoms with Gasteiger partial charge in [0.15, 0.2) is 0 Å². The summed E-state index contributed by atoms with van der Waals surface area (Å²) in [5.41, 5.74) is 0. The van der Waals surface area contributed by atoms with E-state index in [1.54, 1.807) is 6.92 Å². The van der Waals surface area contributed by atoms with E-state index in [9.17, 15) is 9.59 Å². The molecule has 0 saturated carbocycles. The number of ether oxygens (including phenoxy) is 2. The molecule has 0 aromatic rings. The largest absolute Gasteiger partial charge is 0.467 e. The van der Waals surface area contributed by atoms with E-state index in [0.29, 0.717) is 0 Å². The standard InChI is InChI=1S/C10H16N2O4/c1-7(4-5-11)9(10(14)16-3)12-8(13)6-15-2/h7,9H,4,6H2,1-3H3,(H,12,13)/t7-,9-/m0/s1. The van der Waals surface area contributed by atoms with E-state index in [4.69, 9.17) is 5.26 Å². The maximum absolute atomic E-state index is 11.4. The minimum atomic E-state index is -0.813. The predicted octanol–water partition coefficient (Wildman–Crippen LogP) is -0.160. The number of carbonyl (C=O) groups excluding carboxylic acids is 2. The molecule has 1 N–H and O–H groups in total. The van der Waals surface area contributed by atoms with Crippen molar-refractivity contribution in [3.05, 3.63) is 0 Å². The lowest BCUT2D eigenvalue weighted by Gasteiger charge is -2.20. The molecular formula is C10H16N2O4. The summed E-state index contributed by atoms with van der Waals surface area (Å²) in [5, 5.41) is 11.0. The van der Waals surface area contributed by atoms with Gasteiger partial charge in [-0.15, -0.1) is 0 Å². The van der Waals surface area contributed by atoms with Crippen LogP contribution in [0.5, 0.6) is 0 Å². The number of hydrogen-bond donors (Lipinski definition) is 1. The number of esters is 1. The van der Waals surface area contributed by atoms with Crippen molar-refractivity contribution in [1.29, 1.82) is 5.26 Å². The van der Waals surface area contributed by atoms with Gasteiger partial charge in [-0.1, -0.05) is 6.92 Å². The monoisotopic (exact) mass is 228 g/mol. The van der Waals surface area contributed by atoms with Crippen LogP contribution in [0.1, 0.15) is 13.3 Å². The summed E-state index contributed by atoms with van der Waals surface area (Å²) >= 11 is 0. The lowest BCUT2D eigenvalue weighted by Crippen LogP contribution is -2.46. The highest BCUT2D eigenvalue weighted by Gasteiger charge is 2.27. The summed E-state index contributed by atoms with van der Waals surface area (Å²) in [6.07, 6.45) is 0.160. The Bertz CT molecular complexity index is 285. The first-order valence-electron chi connectivity index (χ1n) is 4.79. The average molecular weight is 228 g/mol. The third-order valence-corrected chi connectivity index (χ3v) is 2.03. The van der Waals surface area contributed by atoms with Gasteiger partial charge in [-0.25, -0.2) is 4.79 Å². The first-order valence-corrected chi connectivity index (χ1v) is 4.79. The van der Waals surface area contributed by atoms with Crippen molar-refractivity contribution in [3.63, 3.8) is 0 Å². The first-order chi connectivity index (χ1) is 7.56. The van der Waals surface area contributed by atoms with E-state index in [1.807, 2.05) is 6.07 Å². The van der Waals surface area contributed by atoms with Gasteiger partial charge in [0.1, 0.15) is 12.6 Å². The number of nitrogens with zero attached hydrogens (tertiary/aromatic N) is 1. The second-order valence-electron chi connectivity index (χ2n) is 3.34. The fraction of sp³-hybridized carbons (Fsp3) is 0.700. The Morgan fingerprint density at radius 1 is 1.44 bits per heavy atom. The summed E-state index contributed by atoms with van der Waals surface area (Å²) in [5.74, 6) is -1.28. The number of hydrogen-bond acceptors (Lipinski definition) is 5. The minimum Gasteiger partial charge on any atom is -0.467 e. The zero-order valence-electron chi connectivity index (χ0n) is 9.65. The fourth-order valence-electron chi connectivity index (χ4n) is 1.17. The lowest BCUT2D eigenvalue weighted by molar-refractivity contribution is -0.147. The maximum atomic E-state index is 11.4. The van der Waals surface area contributed by atoms with Crippen molar-refractivity contribution < 1.29 is 19.1 Å². The molecule has 6 heteroatoms. The Kier molecular flexibility index (Phi) is 6.88. The average Bonchev–Trinajstić information content (AvgIpc) is 2.25. The van der Waals surface area contributed by atoms with E-state index >= 15 is 0 Å². The van der Waals surface area contributed by atoms with E-state index < -0.39 is 17.9 Å². The number of nitrogens with one attached hydrogen (secondary N) is 1. The van der Waals surface area contributed by atoms with Crippen LogP contribution in [0, 0.1) is 17.2 Å². The van der Waals surface area contributed by atoms with Crippen LogP contribution in [0.3, 0.4) is 0 Å². The molecule has 0 unspecified atom stereocenters. The molecule has 1 amide bonds. The zero-order chi connectivity index (χ0) is 12.6. The van der Waals surface area contributed by atoms with Gasteiger partial charge in [-0.2, -0.15) is 5.26 Å². The Balaban J connectivity index is 4.49. The van der Waals surface area contributed by atoms with Gasteiger partial charge < -0.3 is 14.8 Å². The molecule has 0 heterocycles. The van der Waals surface area contributed by atoms with E-state index in [1.165, 1.54) is 14.2 Å². The highest BCUT2D eigenvalue weighted by atomic mass is 16.5. The molecule has 0 spiro atoms. The smallest absolute Gasteiger partial charge is 0.328 e. The number of methoxy groups -OCH3 is 2. The molecule has 6 nitrogen and oxygen atoms in total. The molecule has 0 aromatic heterocycles. The van der Waals surface area contributed by atoms with Crippen molar-refractivity contribution in [2.75, 3.05) is 20.8 Å². The normalized spacial score (nSPS) is 13.4. The van der Waals surface area contributed by atoms with Gasteiger partial charge in [-0.3, -0.25) is 4.79 Å². The van der Waals surface area contributed by atoms with Crippen molar-refractivity contribution in [1.82, 2.24) is 5.32 Å². The summed E-state index contributed by atoms with van der Waals surface area (Å²) in [4.78, 5) is 22.6. The number of rotatable bonds is 6. The topological polar surface area (TPSA) is 88.4 Å². The lowest BCUT2D eigenvalue weighted by atomic mass is 9.99. The predicted molar refractivity (Wildman–Crippen MR) is 55.2 cm³/mol. The van der Waals surface area contributed by atoms with Gasteiger partial charge in [0.2, 0.25) is 5.91 Å². The molecule has 2 atom stereocenters. The van der Waals surface area contributed by atoms with Crippen molar-refractivity contribution in [3.8, 4) is 6.07 Å². The SMILES string of the molecule is COCC(=O)N[C@H](C(=O)OC)[C@@H](C)CC#N. The van der Waals surface area contributed by atoms with Crippen molar-refractivity contribution in [2.24, 2.45) is 5.92 Å². The summed E-state index contributed by atoms with van der Waals surface area (Å²) < 4.78 is 9.18. The third kappa shape index (κ3) is 4.75. The molecule has 0 saturated heterocycles. The minimum absolute atomic E-state index is 0.132. The highest BCUT2D eigenvalue weighted by Crippen LogP contribution is 2.09. The quantitative estimate of drug-likeness (QED) is 0.638. The number of carbonyl (C=O) groups is 2. The maximum Gasteiger partial charge on any atom is 0.328 e. The molecule has 0 aliphatic rings. The summed E-state index contributed by atoms with van der Waals surface area (Å²) in [6.45, 7) is 1.56. The molecule has 0 aliphatic carbocycles. The Labute approximate surface area is 94.5 Å². The van der Waals surface area contributed by atoms with Gasteiger partial charge in [-0.05, 0) is 0 Å². The Hall–Kier alpha value is -1.61. The second kappa shape index (κ2) is 7.65. The molecule has 0 bridgehead atoms. The van der Waals surface area contributed by atoms with Crippen LogP contribution < -0.4 is 5.32 Å². The van der Waals surface area contributed by atoms with Crippen LogP contribution in [-0.4, -0.2) is 38.7 Å². The summed E-state index contributed by atoms with van der Waals surface area (Å²) in [7, 11) is 2.61. The zero-order valence-corrected chi connectivity index (χ0v) is 9.65. The summed E-state index contributed by atoms with van der Waals surface area (Å²) in [6, 6.07) is 1.13. The van der Waals surface area contributed by atoms with Gasteiger partial charge in [0.05, 0.1) is 13.2 Å². The van der Waals surface area contributed by atoms with Crippen LogP contribution in [-0.2, 0) is 19.1 Å². The van der Waals surface area contributed by atoms with Gasteiger partial charge in [0.25, 0.3) is 0 Å². The van der Waals surface area contributed by atoms with Crippen LogP contribution in [0.15, 0.2) is 0 Å². The Morgan fingerprint density at radius 2 is 2.06 bits per heavy atom. The molecule has 90 valence electrons. The molecule has 0 radical (unpaired) electrons. The second-order valence-corrected chi connectivity index (χ2v) is 3.34. The molecule has 0 aliphatic heterocycles. The van der Waals surface area contributed by atoms with Gasteiger partial charge >= 0.3 is 5.97 Å². The van der Waals surface area contributed by atoms with E-state index in [-0.39, 0.29) is 18.9 Å². The molecule has 16 heavy (non-hydrogen) atoms. The molecule has 0 rings (SSSR count). The molecule has 0 fully saturated rings. The number of nitriles is 1. The van der Waals surface area contributed by atoms with Gasteiger partial charge in [0, 0.05) is 19.4 Å². The fourth-order valence-corrected chi connectivity index (χ4v) is 1.17. The Morgan fingerprint density at radius 3 is 2.50 bits per heavy atom. The van der Waals surface area contributed by atoms with Crippen LogP contribution in [0.4, 0.5) is 0 Å². The van der Waals surface area contributed by atoms with Crippen LogP contribution in [0.2, 0.25) is 0 Å². The number of amides is 1. The van der Waals surface area contributed by atoms with Crippen LogP contribution >= 0.6 is 0 Å². The molecule has 0 aromatic carbocycles. The highest BCUT2D eigenvalue weighted by molar-refractivity contribution is 5.85. The van der Waals surface area contributed by atoms with E-state index in [0.717, 1.165) is 0 Å². The third-order valence-electron chi connectivity index (χ3n) is 2.03. The van der Waals surface area contributed by atoms with Crippen molar-refractivity contribution >= 4 is 11.9 Å². The van der Waals surface area contributed by atoms with Crippen LogP contribution in [0.25, 0.3) is 0 Å². The van der Waals surface area contributed by atoms with E-state index in [2.05, 4.69) is 14.8 Å². The molecular weight excluding hydrogens is 212 g/mol. The van der Waals surface area contributed by atoms with Crippen molar-refractivity contribution in [2.45, 2.75) is 19.4 Å².